The quantitative estimate of drug-likeness (QED) is 0.444. The molecule has 1 amide bonds. The maximum absolute atomic E-state index is 11.2. The molecule has 0 radical (unpaired) electrons. The Bertz CT molecular complexity index is 210. The molecule has 0 aromatic carbocycles. The molecule has 0 bridgehead atoms. The molecular weight excluding hydrogens is 283 g/mol. The highest BCUT2D eigenvalue weighted by atomic mass is 127. The van der Waals surface area contributed by atoms with Crippen LogP contribution in [0.1, 0.15) is 0 Å². The van der Waals surface area contributed by atoms with E-state index >= 15 is 0 Å². The van der Waals surface area contributed by atoms with Crippen LogP contribution in [-0.4, -0.2) is 51.3 Å². The third-order valence-electron chi connectivity index (χ3n) is 2.11. The van der Waals surface area contributed by atoms with E-state index in [0.29, 0.717) is 13.1 Å². The van der Waals surface area contributed by atoms with E-state index < -0.39 is 0 Å². The van der Waals surface area contributed by atoms with Gasteiger partial charge in [-0.3, -0.25) is 4.79 Å². The molecule has 1 N–H and O–H groups in total. The minimum Gasteiger partial charge on any atom is -0.395 e. The topological polar surface area (TPSA) is 43.8 Å². The van der Waals surface area contributed by atoms with Crippen molar-refractivity contribution in [3.8, 4) is 0 Å². The predicted molar refractivity (Wildman–Crippen MR) is 58.4 cm³/mol. The van der Waals surface area contributed by atoms with Gasteiger partial charge in [0.2, 0.25) is 5.91 Å². The highest BCUT2D eigenvalue weighted by molar-refractivity contribution is 14.1. The lowest BCUT2D eigenvalue weighted by atomic mass is 10.2. The van der Waals surface area contributed by atoms with Gasteiger partial charge in [0.1, 0.15) is 0 Å². The number of halogens is 1. The summed E-state index contributed by atoms with van der Waals surface area (Å²) >= 11 is 2.17. The van der Waals surface area contributed by atoms with E-state index in [-0.39, 0.29) is 18.6 Å². The molecule has 1 unspecified atom stereocenters. The Hall–Kier alpha value is -0.140. The zero-order valence-corrected chi connectivity index (χ0v) is 9.48. The van der Waals surface area contributed by atoms with E-state index in [0.717, 1.165) is 6.54 Å². The van der Waals surface area contributed by atoms with E-state index in [1.54, 1.807) is 4.90 Å². The van der Waals surface area contributed by atoms with Gasteiger partial charge in [0, 0.05) is 42.5 Å². The van der Waals surface area contributed by atoms with Crippen LogP contribution in [0, 0.1) is 0 Å². The lowest BCUT2D eigenvalue weighted by Gasteiger charge is -2.36. The monoisotopic (exact) mass is 296 g/mol. The zero-order chi connectivity index (χ0) is 9.84. The summed E-state index contributed by atoms with van der Waals surface area (Å²) < 4.78 is 2.03. The second-order valence-corrected chi connectivity index (χ2v) is 4.19. The van der Waals surface area contributed by atoms with Gasteiger partial charge < -0.3 is 10.0 Å². The van der Waals surface area contributed by atoms with E-state index in [1.165, 1.54) is 6.08 Å². The van der Waals surface area contributed by atoms with Crippen LogP contribution in [0.3, 0.4) is 0 Å². The standard InChI is InChI=1S/C8H13IN2O2/c1-2-8(13)10-3-4-11(9)7(5-10)6-12/h2,7,12H,1,3-6H2. The molecule has 1 aliphatic heterocycles. The van der Waals surface area contributed by atoms with Gasteiger partial charge in [0.15, 0.2) is 0 Å². The second kappa shape index (κ2) is 4.92. The van der Waals surface area contributed by atoms with Crippen LogP contribution >= 0.6 is 22.9 Å². The number of amides is 1. The zero-order valence-electron chi connectivity index (χ0n) is 7.32. The molecular formula is C8H13IN2O2. The number of nitrogens with zero attached hydrogens (tertiary/aromatic N) is 2. The molecule has 1 atom stereocenters. The second-order valence-electron chi connectivity index (χ2n) is 2.95. The van der Waals surface area contributed by atoms with E-state index in [2.05, 4.69) is 29.4 Å². The summed E-state index contributed by atoms with van der Waals surface area (Å²) in [6.07, 6.45) is 1.32. The van der Waals surface area contributed by atoms with Gasteiger partial charge in [-0.05, 0) is 6.08 Å². The van der Waals surface area contributed by atoms with Gasteiger partial charge in [-0.15, -0.1) is 0 Å². The molecule has 1 rings (SSSR count). The molecule has 0 aromatic heterocycles. The van der Waals surface area contributed by atoms with E-state index in [1.807, 2.05) is 3.11 Å². The maximum atomic E-state index is 11.2. The normalized spacial score (nSPS) is 24.5. The molecule has 13 heavy (non-hydrogen) atoms. The van der Waals surface area contributed by atoms with Gasteiger partial charge >= 0.3 is 0 Å². The van der Waals surface area contributed by atoms with Crippen molar-refractivity contribution in [2.45, 2.75) is 6.04 Å². The fourth-order valence-corrected chi connectivity index (χ4v) is 1.88. The Balaban J connectivity index is 2.54. The number of rotatable bonds is 2. The highest BCUT2D eigenvalue weighted by Crippen LogP contribution is 2.13. The summed E-state index contributed by atoms with van der Waals surface area (Å²) in [5.41, 5.74) is 0. The van der Waals surface area contributed by atoms with Crippen molar-refractivity contribution in [2.24, 2.45) is 0 Å². The van der Waals surface area contributed by atoms with Gasteiger partial charge in [-0.25, -0.2) is 3.11 Å². The van der Waals surface area contributed by atoms with Crippen LogP contribution in [0.2, 0.25) is 0 Å². The maximum Gasteiger partial charge on any atom is 0.246 e. The number of aliphatic hydroxyl groups is 1. The van der Waals surface area contributed by atoms with Crippen LogP contribution in [0.4, 0.5) is 0 Å². The Morgan fingerprint density at radius 2 is 2.38 bits per heavy atom. The first-order valence-electron chi connectivity index (χ1n) is 4.13. The first-order valence-corrected chi connectivity index (χ1v) is 5.10. The molecule has 4 nitrogen and oxygen atoms in total. The Morgan fingerprint density at radius 3 is 2.92 bits per heavy atom. The minimum absolute atomic E-state index is 0.0528. The van der Waals surface area contributed by atoms with Crippen molar-refractivity contribution < 1.29 is 9.90 Å². The average molecular weight is 296 g/mol. The average Bonchev–Trinajstić information content (AvgIpc) is 2.17. The van der Waals surface area contributed by atoms with Crippen molar-refractivity contribution in [1.29, 1.82) is 0 Å². The molecule has 1 aliphatic rings. The molecule has 0 aliphatic carbocycles. The van der Waals surface area contributed by atoms with Crippen molar-refractivity contribution in [3.63, 3.8) is 0 Å². The van der Waals surface area contributed by atoms with Crippen molar-refractivity contribution in [1.82, 2.24) is 8.01 Å². The third kappa shape index (κ3) is 2.65. The minimum atomic E-state index is -0.0528. The number of aliphatic hydroxyl groups excluding tert-OH is 1. The fraction of sp³-hybridized carbons (Fsp3) is 0.625. The first-order chi connectivity index (χ1) is 6.19. The number of carbonyl (C=O) groups excluding carboxylic acids is 1. The molecule has 0 saturated carbocycles. The van der Waals surface area contributed by atoms with Crippen molar-refractivity contribution in [3.05, 3.63) is 12.7 Å². The first kappa shape index (κ1) is 10.9. The van der Waals surface area contributed by atoms with Gasteiger partial charge in [-0.1, -0.05) is 6.58 Å². The van der Waals surface area contributed by atoms with Crippen molar-refractivity contribution >= 4 is 28.8 Å². The molecule has 5 heteroatoms. The van der Waals surface area contributed by atoms with Crippen LogP contribution in [-0.2, 0) is 4.79 Å². The molecule has 1 fully saturated rings. The van der Waals surface area contributed by atoms with Crippen molar-refractivity contribution in [2.75, 3.05) is 26.2 Å². The SMILES string of the molecule is C=CC(=O)N1CCN(I)C(CO)C1. The lowest BCUT2D eigenvalue weighted by molar-refractivity contribution is -0.128. The predicted octanol–water partition coefficient (Wildman–Crippen LogP) is 0.0275. The van der Waals surface area contributed by atoms with Gasteiger partial charge in [-0.2, -0.15) is 0 Å². The van der Waals surface area contributed by atoms with Crippen LogP contribution in [0.25, 0.3) is 0 Å². The third-order valence-corrected chi connectivity index (χ3v) is 3.38. The Labute approximate surface area is 91.7 Å². The number of hydrogen-bond acceptors (Lipinski definition) is 3. The number of piperazine rings is 1. The summed E-state index contributed by atoms with van der Waals surface area (Å²) in [6.45, 7) is 5.62. The van der Waals surface area contributed by atoms with E-state index in [4.69, 9.17) is 5.11 Å². The summed E-state index contributed by atoms with van der Waals surface area (Å²) in [5.74, 6) is -0.0528. The smallest absolute Gasteiger partial charge is 0.246 e. The number of hydrogen-bond donors (Lipinski definition) is 1. The van der Waals surface area contributed by atoms with E-state index in [9.17, 15) is 4.79 Å². The fourth-order valence-electron chi connectivity index (χ4n) is 1.31. The van der Waals surface area contributed by atoms with Crippen LogP contribution in [0.5, 0.6) is 0 Å². The summed E-state index contributed by atoms with van der Waals surface area (Å²) in [7, 11) is 0. The highest BCUT2D eigenvalue weighted by Gasteiger charge is 2.26. The largest absolute Gasteiger partial charge is 0.395 e. The lowest BCUT2D eigenvalue weighted by Crippen LogP contribution is -2.52. The number of carbonyl (C=O) groups is 1. The molecule has 0 aromatic rings. The summed E-state index contributed by atoms with van der Waals surface area (Å²) in [6, 6.07) is 0.0539. The van der Waals surface area contributed by atoms with Gasteiger partial charge in [0.05, 0.1) is 12.6 Å². The molecule has 0 spiro atoms. The molecule has 74 valence electrons. The Kier molecular flexibility index (Phi) is 4.14. The van der Waals surface area contributed by atoms with Crippen LogP contribution in [0.15, 0.2) is 12.7 Å². The van der Waals surface area contributed by atoms with Gasteiger partial charge in [0.25, 0.3) is 0 Å². The molecule has 1 saturated heterocycles. The molecule has 1 heterocycles. The van der Waals surface area contributed by atoms with Crippen LogP contribution < -0.4 is 0 Å². The summed E-state index contributed by atoms with van der Waals surface area (Å²) in [5, 5.41) is 9.02. The summed E-state index contributed by atoms with van der Waals surface area (Å²) in [4.78, 5) is 13.0. The Morgan fingerprint density at radius 1 is 1.69 bits per heavy atom.